The van der Waals surface area contributed by atoms with Gasteiger partial charge in [0.15, 0.2) is 0 Å². The van der Waals surface area contributed by atoms with Crippen LogP contribution < -0.4 is 10.5 Å². The summed E-state index contributed by atoms with van der Waals surface area (Å²) >= 11 is 0. The van der Waals surface area contributed by atoms with Crippen molar-refractivity contribution in [1.82, 2.24) is 9.62 Å². The van der Waals surface area contributed by atoms with E-state index >= 15 is 0 Å². The van der Waals surface area contributed by atoms with Crippen molar-refractivity contribution >= 4 is 28.3 Å². The van der Waals surface area contributed by atoms with Crippen molar-refractivity contribution in [2.24, 2.45) is 11.7 Å². The predicted octanol–water partition coefficient (Wildman–Crippen LogP) is 2.21. The van der Waals surface area contributed by atoms with Gasteiger partial charge in [0.25, 0.3) is 0 Å². The van der Waals surface area contributed by atoms with Crippen LogP contribution in [0.25, 0.3) is 0 Å². The highest BCUT2D eigenvalue weighted by Crippen LogP contribution is 2.28. The van der Waals surface area contributed by atoms with Crippen molar-refractivity contribution in [2.45, 2.75) is 49.8 Å². The molecule has 0 spiro atoms. The number of sulfonamides is 1. The largest absolute Gasteiger partial charge is 0.341 e. The first-order chi connectivity index (χ1) is 12.5. The van der Waals surface area contributed by atoms with Crippen molar-refractivity contribution in [2.75, 3.05) is 19.6 Å². The molecule has 1 heterocycles. The highest BCUT2D eigenvalue weighted by Gasteiger charge is 2.35. The van der Waals surface area contributed by atoms with Crippen molar-refractivity contribution < 1.29 is 13.2 Å². The van der Waals surface area contributed by atoms with Gasteiger partial charge in [0.1, 0.15) is 0 Å². The fraction of sp³-hybridized carbons (Fsp3) is 0.632. The second-order valence-electron chi connectivity index (χ2n) is 7.44. The summed E-state index contributed by atoms with van der Waals surface area (Å²) in [5.74, 6) is 0.235. The molecule has 1 aromatic rings. The molecular weight excluding hydrogens is 386 g/mol. The first-order valence-electron chi connectivity index (χ1n) is 9.55. The second-order valence-corrected chi connectivity index (χ2v) is 9.49. The van der Waals surface area contributed by atoms with Gasteiger partial charge in [-0.3, -0.25) is 4.79 Å². The Bertz CT molecular complexity index is 708. The van der Waals surface area contributed by atoms with E-state index in [9.17, 15) is 13.2 Å². The van der Waals surface area contributed by atoms with Crippen LogP contribution in [-0.4, -0.2) is 44.1 Å². The number of hydrogen-bond donors (Lipinski definition) is 2. The van der Waals surface area contributed by atoms with E-state index in [1.54, 1.807) is 4.90 Å². The van der Waals surface area contributed by atoms with E-state index < -0.39 is 15.3 Å². The minimum atomic E-state index is -3.50. The van der Waals surface area contributed by atoms with Gasteiger partial charge in [-0.05, 0) is 31.2 Å². The minimum absolute atomic E-state index is 0. The topological polar surface area (TPSA) is 92.5 Å². The van der Waals surface area contributed by atoms with E-state index in [0.717, 1.165) is 37.7 Å². The summed E-state index contributed by atoms with van der Waals surface area (Å²) in [5.41, 5.74) is 7.00. The van der Waals surface area contributed by atoms with Crippen LogP contribution in [0.2, 0.25) is 0 Å². The molecule has 2 fully saturated rings. The summed E-state index contributed by atoms with van der Waals surface area (Å²) < 4.78 is 28.1. The molecular formula is C19H30ClN3O3S. The molecule has 3 N–H and O–H groups in total. The van der Waals surface area contributed by atoms with Gasteiger partial charge in [0.2, 0.25) is 15.9 Å². The number of rotatable bonds is 6. The highest BCUT2D eigenvalue weighted by atomic mass is 35.5. The van der Waals surface area contributed by atoms with Gasteiger partial charge >= 0.3 is 0 Å². The molecule has 1 aliphatic heterocycles. The molecule has 0 radical (unpaired) electrons. The molecule has 0 bridgehead atoms. The molecule has 1 amide bonds. The lowest BCUT2D eigenvalue weighted by molar-refractivity contribution is -0.136. The fourth-order valence-corrected chi connectivity index (χ4v) is 5.47. The number of nitrogens with two attached hydrogens (primary N) is 1. The molecule has 8 heteroatoms. The third-order valence-corrected chi connectivity index (χ3v) is 7.40. The third-order valence-electron chi connectivity index (χ3n) is 5.57. The number of nitrogens with one attached hydrogen (secondary N) is 1. The molecule has 1 aromatic carbocycles. The lowest BCUT2D eigenvalue weighted by Crippen LogP contribution is -2.50. The summed E-state index contributed by atoms with van der Waals surface area (Å²) in [6.45, 7) is 1.13. The Kier molecular flexibility index (Phi) is 8.09. The van der Waals surface area contributed by atoms with E-state index in [1.807, 2.05) is 30.3 Å². The number of likely N-dealkylation sites (tertiary alicyclic amines) is 1. The molecule has 6 nitrogen and oxygen atoms in total. The molecule has 1 saturated heterocycles. The first kappa shape index (κ1) is 22.1. The van der Waals surface area contributed by atoms with E-state index in [2.05, 4.69) is 4.72 Å². The number of amides is 1. The van der Waals surface area contributed by atoms with E-state index in [4.69, 9.17) is 5.73 Å². The molecule has 2 aliphatic rings. The second kappa shape index (κ2) is 9.87. The molecule has 2 atom stereocenters. The van der Waals surface area contributed by atoms with E-state index in [0.29, 0.717) is 19.5 Å². The Hall–Kier alpha value is -1.15. The van der Waals surface area contributed by atoms with Gasteiger partial charge in [-0.15, -0.1) is 12.4 Å². The normalized spacial score (nSPS) is 22.3. The quantitative estimate of drug-likeness (QED) is 0.744. The molecule has 0 aromatic heterocycles. The highest BCUT2D eigenvalue weighted by molar-refractivity contribution is 7.90. The number of carbonyl (C=O) groups excluding carboxylic acids is 1. The molecule has 2 unspecified atom stereocenters. The fourth-order valence-electron chi connectivity index (χ4n) is 3.96. The predicted molar refractivity (Wildman–Crippen MR) is 109 cm³/mol. The van der Waals surface area contributed by atoms with Crippen LogP contribution in [0.1, 0.15) is 50.1 Å². The number of carbonyl (C=O) groups is 1. The zero-order valence-corrected chi connectivity index (χ0v) is 17.2. The summed E-state index contributed by atoms with van der Waals surface area (Å²) in [6.07, 6.45) is 5.41. The number of piperidine rings is 1. The monoisotopic (exact) mass is 415 g/mol. The standard InChI is InChI=1S/C19H29N3O3S.ClH/c20-18(15-7-2-1-3-8-15)13-21-26(24,25)17-11-6-12-22(14-17)19(23)16-9-4-5-10-16;/h1-3,7-8,16-18,21H,4-6,9-14,20H2;1H. The van der Waals surface area contributed by atoms with Crippen LogP contribution in [0.4, 0.5) is 0 Å². The molecule has 3 rings (SSSR count). The number of hydrogen-bond acceptors (Lipinski definition) is 4. The maximum Gasteiger partial charge on any atom is 0.225 e. The van der Waals surface area contributed by atoms with E-state index in [1.165, 1.54) is 0 Å². The van der Waals surface area contributed by atoms with Gasteiger partial charge < -0.3 is 10.6 Å². The lowest BCUT2D eigenvalue weighted by Gasteiger charge is -2.34. The Morgan fingerprint density at radius 1 is 1.15 bits per heavy atom. The number of halogens is 1. The Morgan fingerprint density at radius 2 is 1.81 bits per heavy atom. The van der Waals surface area contributed by atoms with Crippen LogP contribution in [0.3, 0.4) is 0 Å². The van der Waals surface area contributed by atoms with Crippen LogP contribution >= 0.6 is 12.4 Å². The molecule has 152 valence electrons. The van der Waals surface area contributed by atoms with Crippen LogP contribution in [0.5, 0.6) is 0 Å². The minimum Gasteiger partial charge on any atom is -0.341 e. The van der Waals surface area contributed by atoms with Crippen molar-refractivity contribution in [3.63, 3.8) is 0 Å². The van der Waals surface area contributed by atoms with Gasteiger partial charge in [-0.1, -0.05) is 43.2 Å². The smallest absolute Gasteiger partial charge is 0.225 e. The van der Waals surface area contributed by atoms with Gasteiger partial charge in [-0.2, -0.15) is 0 Å². The van der Waals surface area contributed by atoms with Gasteiger partial charge in [0.05, 0.1) is 5.25 Å². The summed E-state index contributed by atoms with van der Waals surface area (Å²) in [6, 6.07) is 9.07. The zero-order valence-electron chi connectivity index (χ0n) is 15.5. The molecule has 27 heavy (non-hydrogen) atoms. The van der Waals surface area contributed by atoms with Crippen molar-refractivity contribution in [3.05, 3.63) is 35.9 Å². The lowest BCUT2D eigenvalue weighted by atomic mass is 10.0. The average molecular weight is 416 g/mol. The average Bonchev–Trinajstić information content (AvgIpc) is 3.21. The van der Waals surface area contributed by atoms with Crippen LogP contribution in [-0.2, 0) is 14.8 Å². The van der Waals surface area contributed by atoms with Gasteiger partial charge in [-0.25, -0.2) is 13.1 Å². The Morgan fingerprint density at radius 3 is 2.48 bits per heavy atom. The summed E-state index contributed by atoms with van der Waals surface area (Å²) in [5, 5.41) is -0.551. The molecule has 1 saturated carbocycles. The Balaban J connectivity index is 0.00000261. The van der Waals surface area contributed by atoms with Crippen molar-refractivity contribution in [1.29, 1.82) is 0 Å². The van der Waals surface area contributed by atoms with Gasteiger partial charge in [0, 0.05) is 31.6 Å². The Labute approximate surface area is 168 Å². The van der Waals surface area contributed by atoms with Crippen LogP contribution in [0, 0.1) is 5.92 Å². The zero-order chi connectivity index (χ0) is 18.6. The van der Waals surface area contributed by atoms with Crippen molar-refractivity contribution in [3.8, 4) is 0 Å². The third kappa shape index (κ3) is 5.67. The molecule has 1 aliphatic carbocycles. The maximum atomic E-state index is 12.7. The summed E-state index contributed by atoms with van der Waals surface area (Å²) in [7, 11) is -3.50. The number of nitrogens with zero attached hydrogens (tertiary/aromatic N) is 1. The van der Waals surface area contributed by atoms with E-state index in [-0.39, 0.29) is 36.8 Å². The maximum absolute atomic E-state index is 12.7. The first-order valence-corrected chi connectivity index (χ1v) is 11.1. The van der Waals surface area contributed by atoms with Crippen LogP contribution in [0.15, 0.2) is 30.3 Å². The summed E-state index contributed by atoms with van der Waals surface area (Å²) in [4.78, 5) is 14.4. The number of benzene rings is 1. The SMILES string of the molecule is Cl.NC(CNS(=O)(=O)C1CCCN(C(=O)C2CCCC2)C1)c1ccccc1.